The van der Waals surface area contributed by atoms with E-state index >= 15 is 0 Å². The van der Waals surface area contributed by atoms with E-state index in [4.69, 9.17) is 4.74 Å². The predicted molar refractivity (Wildman–Crippen MR) is 153 cm³/mol. The number of aryl methyl sites for hydroxylation is 2. The van der Waals surface area contributed by atoms with Gasteiger partial charge in [0.15, 0.2) is 0 Å². The molecule has 2 aromatic rings. The summed E-state index contributed by atoms with van der Waals surface area (Å²) in [5.41, 5.74) is 4.54. The lowest BCUT2D eigenvalue weighted by atomic mass is 9.68. The number of carbonyl (C=O) groups is 2. The Morgan fingerprint density at radius 3 is 2.49 bits per heavy atom. The highest BCUT2D eigenvalue weighted by atomic mass is 16.6. The first-order valence-electron chi connectivity index (χ1n) is 13.6. The number of phenolic OH excluding ortho intramolecular Hbond substituents is 1. The molecule has 1 saturated heterocycles. The van der Waals surface area contributed by atoms with Crippen LogP contribution in [0.3, 0.4) is 0 Å². The van der Waals surface area contributed by atoms with Crippen LogP contribution in [0.25, 0.3) is 6.08 Å². The second kappa shape index (κ2) is 12.3. The molecule has 2 amide bonds. The lowest BCUT2D eigenvalue weighted by Gasteiger charge is -2.36. The number of aliphatic hydroxyl groups is 2. The van der Waals surface area contributed by atoms with Crippen molar-refractivity contribution >= 4 is 29.3 Å². The molecule has 4 atom stereocenters. The number of rotatable bonds is 10. The molecule has 0 radical (unpaired) electrons. The van der Waals surface area contributed by atoms with E-state index in [1.807, 2.05) is 39.0 Å². The molecule has 10 nitrogen and oxygen atoms in total. The molecule has 41 heavy (non-hydrogen) atoms. The number of nitrogens with zero attached hydrogens (tertiary/aromatic N) is 2. The molecule has 0 unspecified atom stereocenters. The van der Waals surface area contributed by atoms with Gasteiger partial charge in [-0.2, -0.15) is 0 Å². The monoisotopic (exact) mass is 564 g/mol. The number of phenols is 1. The van der Waals surface area contributed by atoms with Crippen LogP contribution < -0.4 is 4.90 Å². The van der Waals surface area contributed by atoms with Crippen molar-refractivity contribution in [3.8, 4) is 5.75 Å². The maximum Gasteiger partial charge on any atom is 0.271 e. The number of hydrogen-bond donors (Lipinski definition) is 3. The molecule has 2 aromatic carbocycles. The Hall–Kier alpha value is -3.86. The third-order valence-electron chi connectivity index (χ3n) is 8.10. The SMILES string of the molecule is COCC1=C([C@H](O)CC/C(C)=C/c2cc(C)c(O)c(C)c2)[C@H](CO)[C@@H]2C(=O)N(c3cccc([N+](=O)[O-])c3)C(=O)[C@@H]2C1. The van der Waals surface area contributed by atoms with Crippen LogP contribution >= 0.6 is 0 Å². The number of amides is 2. The van der Waals surface area contributed by atoms with Gasteiger partial charge in [0.1, 0.15) is 5.75 Å². The Labute approximate surface area is 238 Å². The molecule has 218 valence electrons. The quantitative estimate of drug-likeness (QED) is 0.168. The van der Waals surface area contributed by atoms with Crippen LogP contribution in [0.15, 0.2) is 53.1 Å². The van der Waals surface area contributed by atoms with Gasteiger partial charge >= 0.3 is 0 Å². The predicted octanol–water partition coefficient (Wildman–Crippen LogP) is 4.22. The van der Waals surface area contributed by atoms with Gasteiger partial charge in [0.25, 0.3) is 5.69 Å². The second-order valence-electron chi connectivity index (χ2n) is 11.0. The van der Waals surface area contributed by atoms with Crippen molar-refractivity contribution in [1.82, 2.24) is 0 Å². The molecule has 0 aromatic heterocycles. The molecule has 1 fully saturated rings. The molecule has 0 bridgehead atoms. The van der Waals surface area contributed by atoms with E-state index in [2.05, 4.69) is 0 Å². The second-order valence-corrected chi connectivity index (χ2v) is 11.0. The van der Waals surface area contributed by atoms with E-state index in [1.54, 1.807) is 0 Å². The summed E-state index contributed by atoms with van der Waals surface area (Å²) in [5, 5.41) is 43.2. The first kappa shape index (κ1) is 30.1. The Kier molecular flexibility index (Phi) is 9.06. The Morgan fingerprint density at radius 2 is 1.88 bits per heavy atom. The van der Waals surface area contributed by atoms with Crippen LogP contribution in [0.4, 0.5) is 11.4 Å². The van der Waals surface area contributed by atoms with Crippen LogP contribution in [-0.4, -0.2) is 58.5 Å². The number of allylic oxidation sites excluding steroid dienone is 1. The van der Waals surface area contributed by atoms with Crippen LogP contribution in [-0.2, 0) is 14.3 Å². The molecule has 1 heterocycles. The Bertz CT molecular complexity index is 1410. The van der Waals surface area contributed by atoms with Crippen molar-refractivity contribution in [2.24, 2.45) is 17.8 Å². The number of aliphatic hydroxyl groups excluding tert-OH is 2. The maximum absolute atomic E-state index is 13.6. The minimum atomic E-state index is -0.986. The molecule has 10 heteroatoms. The summed E-state index contributed by atoms with van der Waals surface area (Å²) >= 11 is 0. The summed E-state index contributed by atoms with van der Waals surface area (Å²) in [5.74, 6) is -3.25. The van der Waals surface area contributed by atoms with Crippen LogP contribution in [0.5, 0.6) is 5.75 Å². The summed E-state index contributed by atoms with van der Waals surface area (Å²) in [7, 11) is 1.50. The summed E-state index contributed by atoms with van der Waals surface area (Å²) < 4.78 is 5.39. The third kappa shape index (κ3) is 5.95. The summed E-state index contributed by atoms with van der Waals surface area (Å²) in [6, 6.07) is 9.14. The molecule has 2 aliphatic rings. The lowest BCUT2D eigenvalue weighted by molar-refractivity contribution is -0.384. The number of hydrogen-bond acceptors (Lipinski definition) is 8. The molecule has 0 saturated carbocycles. The number of methoxy groups -OCH3 is 1. The first-order valence-corrected chi connectivity index (χ1v) is 13.6. The van der Waals surface area contributed by atoms with Gasteiger partial charge in [-0.25, -0.2) is 4.90 Å². The van der Waals surface area contributed by atoms with E-state index in [0.29, 0.717) is 24.0 Å². The molecule has 4 rings (SSSR count). The average molecular weight is 565 g/mol. The van der Waals surface area contributed by atoms with E-state index < -0.39 is 47.2 Å². The number of non-ortho nitro benzene ring substituents is 1. The summed E-state index contributed by atoms with van der Waals surface area (Å²) in [6.45, 7) is 5.30. The Morgan fingerprint density at radius 1 is 1.20 bits per heavy atom. The average Bonchev–Trinajstić information content (AvgIpc) is 3.18. The van der Waals surface area contributed by atoms with Gasteiger partial charge in [0.05, 0.1) is 41.8 Å². The zero-order chi connectivity index (χ0) is 30.0. The van der Waals surface area contributed by atoms with E-state index in [1.165, 1.54) is 31.4 Å². The largest absolute Gasteiger partial charge is 0.507 e. The topological polar surface area (TPSA) is 150 Å². The number of ether oxygens (including phenoxy) is 1. The van der Waals surface area contributed by atoms with Gasteiger partial charge in [-0.15, -0.1) is 0 Å². The highest BCUT2D eigenvalue weighted by Gasteiger charge is 2.55. The number of nitro groups is 1. The third-order valence-corrected chi connectivity index (χ3v) is 8.10. The van der Waals surface area contributed by atoms with E-state index in [-0.39, 0.29) is 30.2 Å². The molecular formula is C31H36N2O8. The van der Waals surface area contributed by atoms with Crippen molar-refractivity contribution in [3.63, 3.8) is 0 Å². The van der Waals surface area contributed by atoms with Crippen molar-refractivity contribution in [2.75, 3.05) is 25.2 Å². The van der Waals surface area contributed by atoms with Crippen molar-refractivity contribution in [2.45, 2.75) is 46.1 Å². The number of benzene rings is 2. The van der Waals surface area contributed by atoms with Crippen molar-refractivity contribution in [3.05, 3.63) is 79.9 Å². The van der Waals surface area contributed by atoms with Gasteiger partial charge in [0.2, 0.25) is 11.8 Å². The van der Waals surface area contributed by atoms with Gasteiger partial charge in [-0.05, 0) is 86.1 Å². The summed E-state index contributed by atoms with van der Waals surface area (Å²) in [4.78, 5) is 38.8. The number of fused-ring (bicyclic) bond motifs is 1. The number of imide groups is 1. The molecule has 3 N–H and O–H groups in total. The van der Waals surface area contributed by atoms with Gasteiger partial charge < -0.3 is 20.1 Å². The van der Waals surface area contributed by atoms with E-state index in [9.17, 15) is 35.0 Å². The zero-order valence-electron chi connectivity index (χ0n) is 23.7. The van der Waals surface area contributed by atoms with Crippen LogP contribution in [0.1, 0.15) is 42.9 Å². The zero-order valence-corrected chi connectivity index (χ0v) is 23.7. The van der Waals surface area contributed by atoms with Gasteiger partial charge in [-0.3, -0.25) is 19.7 Å². The number of anilines is 1. The maximum atomic E-state index is 13.6. The summed E-state index contributed by atoms with van der Waals surface area (Å²) in [6.07, 6.45) is 2.04. The normalized spacial score (nSPS) is 21.9. The van der Waals surface area contributed by atoms with Gasteiger partial charge in [0, 0.05) is 25.2 Å². The molecule has 1 aliphatic heterocycles. The minimum absolute atomic E-state index is 0.108. The van der Waals surface area contributed by atoms with Crippen LogP contribution in [0.2, 0.25) is 0 Å². The van der Waals surface area contributed by atoms with Crippen LogP contribution in [0, 0.1) is 41.7 Å². The fraction of sp³-hybridized carbons (Fsp3) is 0.419. The highest BCUT2D eigenvalue weighted by molar-refractivity contribution is 6.22. The van der Waals surface area contributed by atoms with E-state index in [0.717, 1.165) is 27.2 Å². The fourth-order valence-corrected chi connectivity index (χ4v) is 6.22. The highest BCUT2D eigenvalue weighted by Crippen LogP contribution is 2.47. The molecule has 1 aliphatic carbocycles. The smallest absolute Gasteiger partial charge is 0.271 e. The Balaban J connectivity index is 1.60. The van der Waals surface area contributed by atoms with Crippen molar-refractivity contribution < 1.29 is 34.6 Å². The molecule has 0 spiro atoms. The number of aromatic hydroxyl groups is 1. The minimum Gasteiger partial charge on any atom is -0.507 e. The number of nitro benzene ring substituents is 1. The lowest BCUT2D eigenvalue weighted by Crippen LogP contribution is -2.39. The van der Waals surface area contributed by atoms with Gasteiger partial charge in [-0.1, -0.05) is 17.7 Å². The fourth-order valence-electron chi connectivity index (χ4n) is 6.22. The number of carbonyl (C=O) groups excluding carboxylic acids is 2. The standard InChI is InChI=1S/C31H36N2O8/c1-17(10-20-11-18(2)29(36)19(3)12-20)8-9-26(35)27-21(16-41-4)13-24-28(25(27)15-34)31(38)32(30(24)37)22-6-5-7-23(14-22)33(39)40/h5-7,10-12,14,24-26,28,34-36H,8-9,13,15-16H2,1-4H3/b17-10+/t24-,25+,26-,28-/m1/s1. The van der Waals surface area contributed by atoms with Crippen molar-refractivity contribution in [1.29, 1.82) is 0 Å². The molecular weight excluding hydrogens is 528 g/mol. The first-order chi connectivity index (χ1) is 19.5.